The van der Waals surface area contributed by atoms with Crippen molar-refractivity contribution in [3.63, 3.8) is 0 Å². The van der Waals surface area contributed by atoms with Crippen LogP contribution in [0.15, 0.2) is 6.20 Å². The number of nitrogens with one attached hydrogen (secondary N) is 1. The van der Waals surface area contributed by atoms with Gasteiger partial charge in [-0.25, -0.2) is 9.97 Å². The molecule has 0 aliphatic carbocycles. The number of piperidine rings is 1. The molecule has 1 aromatic rings. The van der Waals surface area contributed by atoms with E-state index >= 15 is 0 Å². The summed E-state index contributed by atoms with van der Waals surface area (Å²) < 4.78 is 0. The molecule has 4 nitrogen and oxygen atoms in total. The van der Waals surface area contributed by atoms with E-state index in [1.54, 1.807) is 6.20 Å². The zero-order valence-electron chi connectivity index (χ0n) is 10.7. The first-order valence-corrected chi connectivity index (χ1v) is 7.11. The number of halogens is 1. The molecular formula is C13H19ClN4. The van der Waals surface area contributed by atoms with Crippen molar-refractivity contribution in [3.8, 4) is 0 Å². The average Bonchev–Trinajstić information content (AvgIpc) is 2.78. The van der Waals surface area contributed by atoms with Gasteiger partial charge in [-0.05, 0) is 44.3 Å². The lowest BCUT2D eigenvalue weighted by Crippen LogP contribution is -2.41. The summed E-state index contributed by atoms with van der Waals surface area (Å²) in [5.41, 5.74) is 1.06. The molecule has 3 rings (SSSR count). The number of nitrogens with zero attached hydrogens (tertiary/aromatic N) is 3. The van der Waals surface area contributed by atoms with Gasteiger partial charge in [0, 0.05) is 30.4 Å². The van der Waals surface area contributed by atoms with Crippen molar-refractivity contribution in [1.29, 1.82) is 0 Å². The Morgan fingerprint density at radius 2 is 2.22 bits per heavy atom. The zero-order valence-corrected chi connectivity index (χ0v) is 11.5. The fourth-order valence-corrected chi connectivity index (χ4v) is 3.29. The van der Waals surface area contributed by atoms with Crippen LogP contribution >= 0.6 is 11.6 Å². The second-order valence-electron chi connectivity index (χ2n) is 5.31. The van der Waals surface area contributed by atoms with Gasteiger partial charge in [-0.15, -0.1) is 0 Å². The molecule has 1 aromatic heterocycles. The van der Waals surface area contributed by atoms with Crippen LogP contribution in [-0.2, 0) is 0 Å². The van der Waals surface area contributed by atoms with Gasteiger partial charge in [0.25, 0.3) is 0 Å². The maximum absolute atomic E-state index is 5.87. The molecule has 0 amide bonds. The van der Waals surface area contributed by atoms with Crippen LogP contribution in [0.4, 0.5) is 5.82 Å². The van der Waals surface area contributed by atoms with Crippen LogP contribution in [0.3, 0.4) is 0 Å². The highest BCUT2D eigenvalue weighted by Crippen LogP contribution is 2.29. The predicted octanol–water partition coefficient (Wildman–Crippen LogP) is 2.48. The van der Waals surface area contributed by atoms with Crippen molar-refractivity contribution in [2.24, 2.45) is 0 Å². The third kappa shape index (κ3) is 2.31. The SMILES string of the molecule is Cc1cnc(Cl)nc1NC1CCN2CCCCC12. The molecule has 0 saturated carbocycles. The Hall–Kier alpha value is -0.870. The molecule has 0 radical (unpaired) electrons. The number of hydrogen-bond acceptors (Lipinski definition) is 4. The van der Waals surface area contributed by atoms with E-state index in [1.165, 1.54) is 38.8 Å². The van der Waals surface area contributed by atoms with Crippen LogP contribution in [0.5, 0.6) is 0 Å². The fourth-order valence-electron chi connectivity index (χ4n) is 3.16. The third-order valence-electron chi connectivity index (χ3n) is 4.12. The van der Waals surface area contributed by atoms with E-state index in [2.05, 4.69) is 20.2 Å². The minimum absolute atomic E-state index is 0.321. The Morgan fingerprint density at radius 3 is 3.11 bits per heavy atom. The van der Waals surface area contributed by atoms with E-state index in [0.717, 1.165) is 11.4 Å². The molecule has 0 bridgehead atoms. The summed E-state index contributed by atoms with van der Waals surface area (Å²) in [7, 11) is 0. The number of aryl methyl sites for hydroxylation is 1. The van der Waals surface area contributed by atoms with E-state index in [9.17, 15) is 0 Å². The van der Waals surface area contributed by atoms with Crippen LogP contribution < -0.4 is 5.32 Å². The monoisotopic (exact) mass is 266 g/mol. The van der Waals surface area contributed by atoms with Crippen LogP contribution in [-0.4, -0.2) is 40.0 Å². The predicted molar refractivity (Wildman–Crippen MR) is 73.0 cm³/mol. The first-order chi connectivity index (χ1) is 8.74. The summed E-state index contributed by atoms with van der Waals surface area (Å²) in [6.45, 7) is 4.48. The van der Waals surface area contributed by atoms with Gasteiger partial charge >= 0.3 is 0 Å². The van der Waals surface area contributed by atoms with Crippen LogP contribution in [0, 0.1) is 6.92 Å². The van der Waals surface area contributed by atoms with Gasteiger partial charge in [-0.1, -0.05) is 6.42 Å². The molecule has 1 N–H and O–H groups in total. The maximum Gasteiger partial charge on any atom is 0.224 e. The average molecular weight is 267 g/mol. The standard InChI is InChI=1S/C13H19ClN4/c1-9-8-15-13(14)17-12(9)16-10-5-7-18-6-3-2-4-11(10)18/h8,10-11H,2-7H2,1H3,(H,15,16,17). The van der Waals surface area contributed by atoms with Crippen LogP contribution in [0.1, 0.15) is 31.2 Å². The highest BCUT2D eigenvalue weighted by Gasteiger charge is 2.35. The van der Waals surface area contributed by atoms with Gasteiger partial charge in [0.05, 0.1) is 0 Å². The van der Waals surface area contributed by atoms with Gasteiger partial charge in [-0.2, -0.15) is 0 Å². The molecule has 0 spiro atoms. The smallest absolute Gasteiger partial charge is 0.224 e. The van der Waals surface area contributed by atoms with E-state index in [4.69, 9.17) is 11.6 Å². The van der Waals surface area contributed by atoms with Crippen molar-refractivity contribution in [3.05, 3.63) is 17.0 Å². The van der Waals surface area contributed by atoms with E-state index in [-0.39, 0.29) is 0 Å². The first kappa shape index (κ1) is 12.2. The van der Waals surface area contributed by atoms with Crippen molar-refractivity contribution in [2.45, 2.75) is 44.7 Å². The fraction of sp³-hybridized carbons (Fsp3) is 0.692. The second kappa shape index (κ2) is 5.02. The molecular weight excluding hydrogens is 248 g/mol. The molecule has 18 heavy (non-hydrogen) atoms. The summed E-state index contributed by atoms with van der Waals surface area (Å²) in [4.78, 5) is 10.9. The lowest BCUT2D eigenvalue weighted by molar-refractivity contribution is 0.192. The number of aromatic nitrogens is 2. The minimum atomic E-state index is 0.321. The summed E-state index contributed by atoms with van der Waals surface area (Å²) in [6.07, 6.45) is 6.98. The number of anilines is 1. The van der Waals surface area contributed by atoms with Crippen LogP contribution in [0.25, 0.3) is 0 Å². The van der Waals surface area contributed by atoms with Gasteiger partial charge in [0.15, 0.2) is 0 Å². The van der Waals surface area contributed by atoms with E-state index in [0.29, 0.717) is 17.4 Å². The third-order valence-corrected chi connectivity index (χ3v) is 4.30. The zero-order chi connectivity index (χ0) is 12.5. The molecule has 3 heterocycles. The van der Waals surface area contributed by atoms with Crippen molar-refractivity contribution < 1.29 is 0 Å². The highest BCUT2D eigenvalue weighted by atomic mass is 35.5. The van der Waals surface area contributed by atoms with Gasteiger partial charge < -0.3 is 5.32 Å². The molecule has 2 fully saturated rings. The Kier molecular flexibility index (Phi) is 3.39. The molecule has 2 saturated heterocycles. The summed E-state index contributed by atoms with van der Waals surface area (Å²) >= 11 is 5.87. The van der Waals surface area contributed by atoms with Crippen molar-refractivity contribution >= 4 is 17.4 Å². The number of rotatable bonds is 2. The minimum Gasteiger partial charge on any atom is -0.365 e. The molecule has 0 aromatic carbocycles. The van der Waals surface area contributed by atoms with Crippen LogP contribution in [0.2, 0.25) is 5.28 Å². The molecule has 2 aliphatic heterocycles. The number of fused-ring (bicyclic) bond motifs is 1. The molecule has 98 valence electrons. The summed E-state index contributed by atoms with van der Waals surface area (Å²) in [5.74, 6) is 0.896. The van der Waals surface area contributed by atoms with E-state index < -0.39 is 0 Å². The molecule has 5 heteroatoms. The molecule has 2 aliphatic rings. The lowest BCUT2D eigenvalue weighted by Gasteiger charge is -2.32. The highest BCUT2D eigenvalue weighted by molar-refractivity contribution is 6.28. The Balaban J connectivity index is 1.74. The maximum atomic E-state index is 5.87. The van der Waals surface area contributed by atoms with Gasteiger partial charge in [0.1, 0.15) is 5.82 Å². The number of hydrogen-bond donors (Lipinski definition) is 1. The quantitative estimate of drug-likeness (QED) is 0.835. The normalized spacial score (nSPS) is 28.1. The molecule has 2 unspecified atom stereocenters. The van der Waals surface area contributed by atoms with E-state index in [1.807, 2.05) is 6.92 Å². The lowest BCUT2D eigenvalue weighted by atomic mass is 9.99. The largest absolute Gasteiger partial charge is 0.365 e. The van der Waals surface area contributed by atoms with Gasteiger partial charge in [0.2, 0.25) is 5.28 Å². The van der Waals surface area contributed by atoms with Gasteiger partial charge in [-0.3, -0.25) is 4.90 Å². The Bertz CT molecular complexity index is 437. The second-order valence-corrected chi connectivity index (χ2v) is 5.65. The summed E-state index contributed by atoms with van der Waals surface area (Å²) in [6, 6.07) is 1.18. The summed E-state index contributed by atoms with van der Waals surface area (Å²) in [5, 5.41) is 3.89. The topological polar surface area (TPSA) is 41.1 Å². The van der Waals surface area contributed by atoms with Crippen molar-refractivity contribution in [1.82, 2.24) is 14.9 Å². The molecule has 2 atom stereocenters. The Morgan fingerprint density at radius 1 is 1.33 bits per heavy atom. The first-order valence-electron chi connectivity index (χ1n) is 6.74. The Labute approximate surface area is 113 Å². The van der Waals surface area contributed by atoms with Crippen molar-refractivity contribution in [2.75, 3.05) is 18.4 Å².